The van der Waals surface area contributed by atoms with E-state index in [-0.39, 0.29) is 12.3 Å². The Kier molecular flexibility index (Phi) is 5.82. The van der Waals surface area contributed by atoms with Crippen molar-refractivity contribution in [1.82, 2.24) is 0 Å². The van der Waals surface area contributed by atoms with Gasteiger partial charge in [-0.3, -0.25) is 10.1 Å². The molecule has 0 saturated carbocycles. The Bertz CT molecular complexity index is 705. The molecule has 120 valence electrons. The van der Waals surface area contributed by atoms with Crippen LogP contribution in [0.5, 0.6) is 0 Å². The number of aliphatic hydroxyl groups is 1. The van der Waals surface area contributed by atoms with Crippen molar-refractivity contribution in [2.75, 3.05) is 6.61 Å². The molecule has 0 radical (unpaired) electrons. The van der Waals surface area contributed by atoms with Crippen LogP contribution in [0.1, 0.15) is 12.0 Å². The summed E-state index contributed by atoms with van der Waals surface area (Å²) in [6, 6.07) is 13.6. The van der Waals surface area contributed by atoms with E-state index in [0.717, 1.165) is 10.5 Å². The summed E-state index contributed by atoms with van der Waals surface area (Å²) < 4.78 is -0.693. The van der Waals surface area contributed by atoms with Crippen LogP contribution < -0.4 is 0 Å². The maximum atomic E-state index is 10.8. The van der Waals surface area contributed by atoms with Crippen molar-refractivity contribution in [2.24, 2.45) is 0 Å². The van der Waals surface area contributed by atoms with Crippen LogP contribution in [0, 0.1) is 10.1 Å². The lowest BCUT2D eigenvalue weighted by molar-refractivity contribution is -0.384. The molecular weight excluding hydrogens is 334 g/mol. The first-order valence-corrected chi connectivity index (χ1v) is 8.12. The highest BCUT2D eigenvalue weighted by Gasteiger charge is 2.33. The predicted octanol–water partition coefficient (Wildman–Crippen LogP) is 4.80. The number of nitrogens with zero attached hydrogens (tertiary/aromatic N) is 1. The van der Waals surface area contributed by atoms with E-state index in [9.17, 15) is 15.2 Å². The number of thioether (sulfide) groups is 1. The second-order valence-corrected chi connectivity index (χ2v) is 6.81. The van der Waals surface area contributed by atoms with Crippen LogP contribution >= 0.6 is 23.4 Å². The second kappa shape index (κ2) is 7.64. The molecule has 23 heavy (non-hydrogen) atoms. The summed E-state index contributed by atoms with van der Waals surface area (Å²) in [6.07, 6.45) is 2.22. The minimum atomic E-state index is -0.693. The van der Waals surface area contributed by atoms with Crippen LogP contribution in [0.15, 0.2) is 66.1 Å². The average Bonchev–Trinajstić information content (AvgIpc) is 2.56. The molecule has 0 aliphatic carbocycles. The molecule has 0 amide bonds. The molecule has 2 rings (SSSR count). The van der Waals surface area contributed by atoms with E-state index in [4.69, 9.17) is 11.6 Å². The molecule has 2 aromatic carbocycles. The Labute approximate surface area is 143 Å². The van der Waals surface area contributed by atoms with Crippen molar-refractivity contribution in [3.8, 4) is 0 Å². The van der Waals surface area contributed by atoms with Gasteiger partial charge in [-0.25, -0.2) is 0 Å². The lowest BCUT2D eigenvalue weighted by Crippen LogP contribution is -2.26. The van der Waals surface area contributed by atoms with Gasteiger partial charge in [0.25, 0.3) is 5.69 Å². The molecule has 1 N–H and O–H groups in total. The topological polar surface area (TPSA) is 63.4 Å². The standard InChI is InChI=1S/C17H16ClNO3S/c1-2-11-17(12-20,23-16-6-4-3-5-15(16)18)13-7-9-14(10-8-13)19(21)22/h2-10,20H,1,11-12H2/t17-/m0/s1. The SMILES string of the molecule is C=CC[C@@](CO)(Sc1ccccc1Cl)c1ccc([N+](=O)[O-])cc1. The fraction of sp³-hybridized carbons (Fsp3) is 0.176. The first kappa shape index (κ1) is 17.5. The Morgan fingerprint density at radius 3 is 2.43 bits per heavy atom. The monoisotopic (exact) mass is 349 g/mol. The summed E-state index contributed by atoms with van der Waals surface area (Å²) in [5.74, 6) is 0. The Morgan fingerprint density at radius 1 is 1.26 bits per heavy atom. The molecule has 0 saturated heterocycles. The normalized spacial score (nSPS) is 13.3. The zero-order valence-electron chi connectivity index (χ0n) is 12.3. The smallest absolute Gasteiger partial charge is 0.269 e. The Balaban J connectivity index is 2.44. The van der Waals surface area contributed by atoms with Gasteiger partial charge >= 0.3 is 0 Å². The van der Waals surface area contributed by atoms with Gasteiger partial charge in [-0.05, 0) is 24.1 Å². The minimum absolute atomic E-state index is 0.0157. The lowest BCUT2D eigenvalue weighted by atomic mass is 9.95. The maximum absolute atomic E-state index is 10.8. The van der Waals surface area contributed by atoms with Crippen molar-refractivity contribution in [3.63, 3.8) is 0 Å². The van der Waals surface area contributed by atoms with Gasteiger partial charge in [-0.2, -0.15) is 0 Å². The minimum Gasteiger partial charge on any atom is -0.395 e. The van der Waals surface area contributed by atoms with Gasteiger partial charge in [-0.15, -0.1) is 18.3 Å². The first-order valence-electron chi connectivity index (χ1n) is 6.92. The summed E-state index contributed by atoms with van der Waals surface area (Å²) in [7, 11) is 0. The highest BCUT2D eigenvalue weighted by atomic mass is 35.5. The van der Waals surface area contributed by atoms with E-state index in [0.29, 0.717) is 11.4 Å². The number of non-ortho nitro benzene ring substituents is 1. The first-order chi connectivity index (χ1) is 11.0. The third kappa shape index (κ3) is 3.93. The Morgan fingerprint density at radius 2 is 1.91 bits per heavy atom. The van der Waals surface area contributed by atoms with Crippen LogP contribution in [-0.2, 0) is 4.75 Å². The van der Waals surface area contributed by atoms with Crippen molar-refractivity contribution >= 4 is 29.1 Å². The van der Waals surface area contributed by atoms with Gasteiger partial charge in [0.05, 0.1) is 21.3 Å². The van der Waals surface area contributed by atoms with Crippen LogP contribution in [0.2, 0.25) is 5.02 Å². The molecule has 0 unspecified atom stereocenters. The molecule has 1 atom stereocenters. The summed E-state index contributed by atoms with van der Waals surface area (Å²) in [4.78, 5) is 11.2. The molecular formula is C17H16ClNO3S. The van der Waals surface area contributed by atoms with Gasteiger partial charge in [0.2, 0.25) is 0 Å². The van der Waals surface area contributed by atoms with E-state index in [1.807, 2.05) is 18.2 Å². The molecule has 6 heteroatoms. The number of hydrogen-bond donors (Lipinski definition) is 1. The highest BCUT2D eigenvalue weighted by molar-refractivity contribution is 8.00. The van der Waals surface area contributed by atoms with Gasteiger partial charge in [0.15, 0.2) is 0 Å². The number of nitro groups is 1. The molecule has 0 bridgehead atoms. The summed E-state index contributed by atoms with van der Waals surface area (Å²) >= 11 is 7.66. The molecule has 0 aliphatic rings. The Hall–Kier alpha value is -1.82. The number of allylic oxidation sites excluding steroid dienone is 1. The number of nitro benzene ring substituents is 1. The number of rotatable bonds is 7. The zero-order valence-corrected chi connectivity index (χ0v) is 13.9. The van der Waals surface area contributed by atoms with Gasteiger partial charge in [0.1, 0.15) is 0 Å². The summed E-state index contributed by atoms with van der Waals surface area (Å²) in [5, 5.41) is 21.5. The fourth-order valence-corrected chi connectivity index (χ4v) is 3.77. The van der Waals surface area contributed by atoms with Gasteiger partial charge in [-0.1, -0.05) is 41.9 Å². The van der Waals surface area contributed by atoms with Crippen molar-refractivity contribution < 1.29 is 10.0 Å². The largest absolute Gasteiger partial charge is 0.395 e. The van der Waals surface area contributed by atoms with Gasteiger partial charge < -0.3 is 5.11 Å². The average molecular weight is 350 g/mol. The predicted molar refractivity (Wildman–Crippen MR) is 94.0 cm³/mol. The molecule has 2 aromatic rings. The lowest BCUT2D eigenvalue weighted by Gasteiger charge is -2.31. The fourth-order valence-electron chi connectivity index (χ4n) is 2.26. The van der Waals surface area contributed by atoms with Crippen molar-refractivity contribution in [1.29, 1.82) is 0 Å². The maximum Gasteiger partial charge on any atom is 0.269 e. The molecule has 0 aliphatic heterocycles. The van der Waals surface area contributed by atoms with Crippen molar-refractivity contribution in [2.45, 2.75) is 16.1 Å². The van der Waals surface area contributed by atoms with E-state index in [1.165, 1.54) is 23.9 Å². The number of halogens is 1. The van der Waals surface area contributed by atoms with Crippen LogP contribution in [0.25, 0.3) is 0 Å². The third-order valence-electron chi connectivity index (χ3n) is 3.48. The zero-order chi connectivity index (χ0) is 16.9. The molecule has 0 fully saturated rings. The van der Waals surface area contributed by atoms with Crippen LogP contribution in [0.3, 0.4) is 0 Å². The molecule has 0 aromatic heterocycles. The summed E-state index contributed by atoms with van der Waals surface area (Å²) in [6.45, 7) is 3.62. The molecule has 0 spiro atoms. The quantitative estimate of drug-likeness (QED) is 0.337. The van der Waals surface area contributed by atoms with Crippen LogP contribution in [0.4, 0.5) is 5.69 Å². The molecule has 4 nitrogen and oxygen atoms in total. The van der Waals surface area contributed by atoms with E-state index in [2.05, 4.69) is 6.58 Å². The number of benzene rings is 2. The van der Waals surface area contributed by atoms with Crippen molar-refractivity contribution in [3.05, 3.63) is 81.9 Å². The molecule has 0 heterocycles. The van der Waals surface area contributed by atoms with Crippen LogP contribution in [-0.4, -0.2) is 16.6 Å². The second-order valence-electron chi connectivity index (χ2n) is 4.98. The highest BCUT2D eigenvalue weighted by Crippen LogP contribution is 2.46. The van der Waals surface area contributed by atoms with E-state index in [1.54, 1.807) is 24.3 Å². The summed E-state index contributed by atoms with van der Waals surface area (Å²) in [5.41, 5.74) is 0.803. The van der Waals surface area contributed by atoms with E-state index >= 15 is 0 Å². The van der Waals surface area contributed by atoms with Gasteiger partial charge in [0, 0.05) is 17.0 Å². The third-order valence-corrected chi connectivity index (χ3v) is 5.42. The number of hydrogen-bond acceptors (Lipinski definition) is 4. The number of aliphatic hydroxyl groups excluding tert-OH is 1. The van der Waals surface area contributed by atoms with E-state index < -0.39 is 9.67 Å².